The standard InChI is InChI=1S/C17H20N2O5S/c1-17(2,3)12-5-8-14(9-6-12)25(22,23)18-15-10-7-13(19(20)21)11-16(15)24-4/h5-11,18H,1-4H3. The highest BCUT2D eigenvalue weighted by molar-refractivity contribution is 7.92. The first-order chi connectivity index (χ1) is 11.5. The number of nitrogens with zero attached hydrogens (tertiary/aromatic N) is 1. The topological polar surface area (TPSA) is 98.5 Å². The third kappa shape index (κ3) is 4.27. The van der Waals surface area contributed by atoms with Gasteiger partial charge < -0.3 is 4.74 Å². The van der Waals surface area contributed by atoms with Crippen molar-refractivity contribution in [3.63, 3.8) is 0 Å². The smallest absolute Gasteiger partial charge is 0.273 e. The summed E-state index contributed by atoms with van der Waals surface area (Å²) in [6, 6.07) is 10.3. The van der Waals surface area contributed by atoms with Crippen molar-refractivity contribution in [2.24, 2.45) is 0 Å². The Labute approximate surface area is 146 Å². The lowest BCUT2D eigenvalue weighted by Gasteiger charge is -2.19. The highest BCUT2D eigenvalue weighted by atomic mass is 32.2. The molecule has 2 aromatic carbocycles. The molecule has 0 aliphatic heterocycles. The molecule has 0 saturated heterocycles. The van der Waals surface area contributed by atoms with E-state index in [0.717, 1.165) is 5.56 Å². The van der Waals surface area contributed by atoms with Gasteiger partial charge in [-0.15, -0.1) is 0 Å². The van der Waals surface area contributed by atoms with Gasteiger partial charge in [0, 0.05) is 6.07 Å². The van der Waals surface area contributed by atoms with Crippen molar-refractivity contribution in [3.05, 3.63) is 58.1 Å². The van der Waals surface area contributed by atoms with Crippen LogP contribution >= 0.6 is 0 Å². The van der Waals surface area contributed by atoms with Gasteiger partial charge in [0.05, 0.1) is 28.7 Å². The Balaban J connectivity index is 2.34. The summed E-state index contributed by atoms with van der Waals surface area (Å²) in [7, 11) is -2.53. The summed E-state index contributed by atoms with van der Waals surface area (Å²) < 4.78 is 32.6. The van der Waals surface area contributed by atoms with E-state index in [4.69, 9.17) is 4.74 Å². The second-order valence-electron chi connectivity index (χ2n) is 6.52. The van der Waals surface area contributed by atoms with Crippen molar-refractivity contribution in [2.45, 2.75) is 31.1 Å². The third-order valence-electron chi connectivity index (χ3n) is 3.67. The summed E-state index contributed by atoms with van der Waals surface area (Å²) in [5.74, 6) is 0.0732. The average molecular weight is 364 g/mol. The molecule has 0 amide bonds. The first-order valence-corrected chi connectivity index (χ1v) is 8.99. The molecular weight excluding hydrogens is 344 g/mol. The van der Waals surface area contributed by atoms with Gasteiger partial charge in [0.2, 0.25) is 0 Å². The Morgan fingerprint density at radius 3 is 2.16 bits per heavy atom. The largest absolute Gasteiger partial charge is 0.494 e. The average Bonchev–Trinajstić information content (AvgIpc) is 2.54. The molecule has 2 rings (SSSR count). The van der Waals surface area contributed by atoms with Crippen LogP contribution in [0, 0.1) is 10.1 Å². The summed E-state index contributed by atoms with van der Waals surface area (Å²) in [5.41, 5.74) is 0.874. The lowest BCUT2D eigenvalue weighted by Crippen LogP contribution is -2.15. The van der Waals surface area contributed by atoms with Crippen LogP contribution in [0.5, 0.6) is 5.75 Å². The number of nitro groups is 1. The molecule has 8 heteroatoms. The Hall–Kier alpha value is -2.61. The first kappa shape index (κ1) is 18.7. The highest BCUT2D eigenvalue weighted by Crippen LogP contribution is 2.31. The van der Waals surface area contributed by atoms with Gasteiger partial charge >= 0.3 is 0 Å². The monoisotopic (exact) mass is 364 g/mol. The minimum atomic E-state index is -3.84. The lowest BCUT2D eigenvalue weighted by atomic mass is 9.87. The van der Waals surface area contributed by atoms with Gasteiger partial charge in [0.25, 0.3) is 15.7 Å². The van der Waals surface area contributed by atoms with E-state index in [1.54, 1.807) is 12.1 Å². The highest BCUT2D eigenvalue weighted by Gasteiger charge is 2.20. The number of ether oxygens (including phenoxy) is 1. The van der Waals surface area contributed by atoms with Crippen LogP contribution in [0.3, 0.4) is 0 Å². The molecule has 0 saturated carbocycles. The maximum Gasteiger partial charge on any atom is 0.273 e. The van der Waals surface area contributed by atoms with Crippen LogP contribution in [0.4, 0.5) is 11.4 Å². The zero-order valence-corrected chi connectivity index (χ0v) is 15.3. The van der Waals surface area contributed by atoms with E-state index in [9.17, 15) is 18.5 Å². The fourth-order valence-electron chi connectivity index (χ4n) is 2.22. The second kappa shape index (κ2) is 6.72. The van der Waals surface area contributed by atoms with Crippen LogP contribution in [0.25, 0.3) is 0 Å². The molecule has 0 heterocycles. The maximum absolute atomic E-state index is 12.5. The van der Waals surface area contributed by atoms with E-state index in [2.05, 4.69) is 4.72 Å². The third-order valence-corrected chi connectivity index (χ3v) is 5.05. The summed E-state index contributed by atoms with van der Waals surface area (Å²) in [6.45, 7) is 6.11. The molecule has 7 nitrogen and oxygen atoms in total. The molecule has 0 aliphatic carbocycles. The molecule has 25 heavy (non-hydrogen) atoms. The molecule has 0 atom stereocenters. The first-order valence-electron chi connectivity index (χ1n) is 7.50. The predicted octanol–water partition coefficient (Wildman–Crippen LogP) is 3.70. The van der Waals surface area contributed by atoms with Gasteiger partial charge in [-0.25, -0.2) is 8.42 Å². The van der Waals surface area contributed by atoms with Crippen LogP contribution in [-0.4, -0.2) is 20.5 Å². The maximum atomic E-state index is 12.5. The number of benzene rings is 2. The zero-order chi connectivity index (χ0) is 18.8. The number of anilines is 1. The summed E-state index contributed by atoms with van der Waals surface area (Å²) in [6.07, 6.45) is 0. The Morgan fingerprint density at radius 1 is 1.08 bits per heavy atom. The number of hydrogen-bond acceptors (Lipinski definition) is 5. The van der Waals surface area contributed by atoms with Gasteiger partial charge in [0.1, 0.15) is 5.75 Å². The quantitative estimate of drug-likeness (QED) is 0.644. The van der Waals surface area contributed by atoms with Crippen LogP contribution < -0.4 is 9.46 Å². The van der Waals surface area contributed by atoms with Crippen molar-refractivity contribution < 1.29 is 18.1 Å². The Kier molecular flexibility index (Phi) is 5.03. The normalized spacial score (nSPS) is 11.8. The molecule has 0 aromatic heterocycles. The molecule has 0 spiro atoms. The van der Waals surface area contributed by atoms with Crippen LogP contribution in [0.15, 0.2) is 47.4 Å². The molecule has 0 unspecified atom stereocenters. The number of nitro benzene ring substituents is 1. The second-order valence-corrected chi connectivity index (χ2v) is 8.20. The summed E-state index contributed by atoms with van der Waals surface area (Å²) in [5, 5.41) is 10.8. The van der Waals surface area contributed by atoms with Crippen molar-refractivity contribution in [3.8, 4) is 5.75 Å². The summed E-state index contributed by atoms with van der Waals surface area (Å²) in [4.78, 5) is 10.3. The van der Waals surface area contributed by atoms with Gasteiger partial charge in [-0.3, -0.25) is 14.8 Å². The Bertz CT molecular complexity index is 884. The van der Waals surface area contributed by atoms with E-state index in [0.29, 0.717) is 0 Å². The molecule has 0 fully saturated rings. The molecule has 1 N–H and O–H groups in total. The molecule has 0 radical (unpaired) electrons. The molecule has 0 aliphatic rings. The van der Waals surface area contributed by atoms with E-state index in [1.807, 2.05) is 20.8 Å². The van der Waals surface area contributed by atoms with Crippen molar-refractivity contribution in [1.29, 1.82) is 0 Å². The van der Waals surface area contributed by atoms with Gasteiger partial charge in [-0.1, -0.05) is 32.9 Å². The van der Waals surface area contributed by atoms with Crippen LogP contribution in [0.1, 0.15) is 26.3 Å². The predicted molar refractivity (Wildman–Crippen MR) is 95.6 cm³/mol. The lowest BCUT2D eigenvalue weighted by molar-refractivity contribution is -0.384. The zero-order valence-electron chi connectivity index (χ0n) is 14.4. The number of hydrogen-bond donors (Lipinski definition) is 1. The number of non-ortho nitro benzene ring substituents is 1. The summed E-state index contributed by atoms with van der Waals surface area (Å²) >= 11 is 0. The number of sulfonamides is 1. The molecule has 134 valence electrons. The Morgan fingerprint density at radius 2 is 1.68 bits per heavy atom. The minimum absolute atomic E-state index is 0.0732. The fraction of sp³-hybridized carbons (Fsp3) is 0.294. The number of methoxy groups -OCH3 is 1. The minimum Gasteiger partial charge on any atom is -0.494 e. The van der Waals surface area contributed by atoms with E-state index in [-0.39, 0.29) is 27.4 Å². The molecule has 0 bridgehead atoms. The molecule has 2 aromatic rings. The number of rotatable bonds is 5. The van der Waals surface area contributed by atoms with Crippen molar-refractivity contribution >= 4 is 21.4 Å². The van der Waals surface area contributed by atoms with Crippen molar-refractivity contribution in [1.82, 2.24) is 0 Å². The SMILES string of the molecule is COc1cc([N+](=O)[O-])ccc1NS(=O)(=O)c1ccc(C(C)(C)C)cc1. The number of nitrogens with one attached hydrogen (secondary N) is 1. The van der Waals surface area contributed by atoms with Crippen LogP contribution in [0.2, 0.25) is 0 Å². The van der Waals surface area contributed by atoms with E-state index < -0.39 is 14.9 Å². The fourth-order valence-corrected chi connectivity index (χ4v) is 3.29. The van der Waals surface area contributed by atoms with E-state index in [1.165, 1.54) is 37.4 Å². The van der Waals surface area contributed by atoms with E-state index >= 15 is 0 Å². The van der Waals surface area contributed by atoms with Gasteiger partial charge in [-0.05, 0) is 29.2 Å². The van der Waals surface area contributed by atoms with Crippen molar-refractivity contribution in [2.75, 3.05) is 11.8 Å². The van der Waals surface area contributed by atoms with Gasteiger partial charge in [0.15, 0.2) is 0 Å². The van der Waals surface area contributed by atoms with Crippen LogP contribution in [-0.2, 0) is 15.4 Å². The molecular formula is C17H20N2O5S. The van der Waals surface area contributed by atoms with Gasteiger partial charge in [-0.2, -0.15) is 0 Å².